The van der Waals surface area contributed by atoms with Crippen molar-refractivity contribution in [2.24, 2.45) is 11.3 Å². The summed E-state index contributed by atoms with van der Waals surface area (Å²) >= 11 is 0. The summed E-state index contributed by atoms with van der Waals surface area (Å²) in [5, 5.41) is 7.60. The van der Waals surface area contributed by atoms with Crippen LogP contribution in [0.3, 0.4) is 0 Å². The topological polar surface area (TPSA) is 70.5 Å². The summed E-state index contributed by atoms with van der Waals surface area (Å²) in [6.45, 7) is 4.50. The van der Waals surface area contributed by atoms with Gasteiger partial charge >= 0.3 is 0 Å². The van der Waals surface area contributed by atoms with Crippen LogP contribution in [0.4, 0.5) is 0 Å². The molecule has 204 valence electrons. The second-order valence-corrected chi connectivity index (χ2v) is 11.9. The van der Waals surface area contributed by atoms with Crippen molar-refractivity contribution in [2.75, 3.05) is 26.2 Å². The number of carbonyl (C=O) groups is 2. The van der Waals surface area contributed by atoms with Gasteiger partial charge in [-0.15, -0.1) is 0 Å². The lowest BCUT2D eigenvalue weighted by Gasteiger charge is -2.39. The van der Waals surface area contributed by atoms with Gasteiger partial charge in [0.2, 0.25) is 11.8 Å². The van der Waals surface area contributed by atoms with Crippen LogP contribution in [-0.4, -0.2) is 57.6 Å². The largest absolute Gasteiger partial charge is 0.349 e. The molecule has 2 saturated heterocycles. The molecule has 3 aliphatic rings. The van der Waals surface area contributed by atoms with Crippen molar-refractivity contribution in [1.29, 1.82) is 0 Å². The third kappa shape index (κ3) is 6.41. The van der Waals surface area contributed by atoms with E-state index in [0.717, 1.165) is 56.7 Å². The van der Waals surface area contributed by atoms with E-state index in [1.165, 1.54) is 18.4 Å². The summed E-state index contributed by atoms with van der Waals surface area (Å²) in [6.07, 6.45) is 10.4. The maximum absolute atomic E-state index is 13.0. The van der Waals surface area contributed by atoms with E-state index in [-0.39, 0.29) is 23.3 Å². The summed E-state index contributed by atoms with van der Waals surface area (Å²) in [5.41, 5.74) is 3.46. The monoisotopic (exact) mass is 525 g/mol. The molecule has 0 bridgehead atoms. The van der Waals surface area contributed by atoms with Gasteiger partial charge in [-0.1, -0.05) is 42.5 Å². The molecule has 1 N–H and O–H groups in total. The molecule has 7 nitrogen and oxygen atoms in total. The van der Waals surface area contributed by atoms with Crippen LogP contribution in [-0.2, 0) is 16.1 Å². The number of rotatable bonds is 10. The van der Waals surface area contributed by atoms with E-state index in [2.05, 4.69) is 68.7 Å². The Morgan fingerprint density at radius 1 is 1.03 bits per heavy atom. The Labute approximate surface area is 231 Å². The van der Waals surface area contributed by atoms with Gasteiger partial charge < -0.3 is 15.1 Å². The van der Waals surface area contributed by atoms with Gasteiger partial charge in [0.25, 0.3) is 0 Å². The summed E-state index contributed by atoms with van der Waals surface area (Å²) in [4.78, 5) is 30.2. The second-order valence-electron chi connectivity index (χ2n) is 11.9. The molecule has 1 atom stereocenters. The minimum absolute atomic E-state index is 0.0524. The second kappa shape index (κ2) is 11.3. The average molecular weight is 526 g/mol. The van der Waals surface area contributed by atoms with Gasteiger partial charge in [0.15, 0.2) is 0 Å². The van der Waals surface area contributed by atoms with Crippen molar-refractivity contribution >= 4 is 11.8 Å². The number of hydrogen-bond donors (Lipinski definition) is 1. The molecule has 7 heteroatoms. The van der Waals surface area contributed by atoms with Crippen LogP contribution in [0.1, 0.15) is 62.1 Å². The molecule has 2 aromatic carbocycles. The van der Waals surface area contributed by atoms with E-state index >= 15 is 0 Å². The van der Waals surface area contributed by atoms with Crippen LogP contribution >= 0.6 is 0 Å². The minimum Gasteiger partial charge on any atom is -0.349 e. The minimum atomic E-state index is 0.0524. The molecule has 1 aliphatic carbocycles. The standard InChI is InChI=1S/C32H39N5O2/c38-30(21-25-7-8-25)34-29(27-5-2-1-3-6-27)13-18-35-19-14-32(15-20-35)22-31(39)36(24-32)23-26-9-11-28(12-10-26)37-17-4-16-33-37/h1-6,9-12,16-17,25,29H,7-8,13-15,18-24H2,(H,34,38)/t29-/m0/s1. The molecule has 1 saturated carbocycles. The van der Waals surface area contributed by atoms with E-state index in [9.17, 15) is 9.59 Å². The summed E-state index contributed by atoms with van der Waals surface area (Å²) in [7, 11) is 0. The quantitative estimate of drug-likeness (QED) is 0.415. The Hall–Kier alpha value is -3.45. The highest BCUT2D eigenvalue weighted by atomic mass is 16.2. The molecule has 0 unspecified atom stereocenters. The van der Waals surface area contributed by atoms with Crippen LogP contribution in [0, 0.1) is 11.3 Å². The first-order valence-corrected chi connectivity index (χ1v) is 14.5. The highest BCUT2D eigenvalue weighted by molar-refractivity contribution is 5.79. The first-order valence-electron chi connectivity index (χ1n) is 14.5. The lowest BCUT2D eigenvalue weighted by atomic mass is 9.77. The third-order valence-corrected chi connectivity index (χ3v) is 8.84. The predicted molar refractivity (Wildman–Crippen MR) is 151 cm³/mol. The van der Waals surface area contributed by atoms with Crippen LogP contribution < -0.4 is 5.32 Å². The SMILES string of the molecule is O=C(CC1CC1)N[C@@H](CCN1CCC2(CC1)CC(=O)N(Cc1ccc(-n3cccn3)cc1)C2)c1ccccc1. The zero-order chi connectivity index (χ0) is 26.7. The third-order valence-electron chi connectivity index (χ3n) is 8.84. The molecule has 1 spiro atoms. The van der Waals surface area contributed by atoms with Crippen molar-refractivity contribution in [1.82, 2.24) is 24.9 Å². The van der Waals surface area contributed by atoms with Gasteiger partial charge in [0, 0.05) is 44.9 Å². The number of hydrogen-bond acceptors (Lipinski definition) is 4. The Morgan fingerprint density at radius 3 is 2.49 bits per heavy atom. The van der Waals surface area contributed by atoms with Crippen LogP contribution in [0.2, 0.25) is 0 Å². The fourth-order valence-electron chi connectivity index (χ4n) is 6.26. The van der Waals surface area contributed by atoms with Gasteiger partial charge in [0.05, 0.1) is 11.7 Å². The van der Waals surface area contributed by atoms with Gasteiger partial charge in [-0.2, -0.15) is 5.10 Å². The van der Waals surface area contributed by atoms with E-state index in [1.54, 1.807) is 6.20 Å². The van der Waals surface area contributed by atoms with Crippen molar-refractivity contribution in [3.05, 3.63) is 84.2 Å². The first-order chi connectivity index (χ1) is 19.1. The molecule has 3 heterocycles. The summed E-state index contributed by atoms with van der Waals surface area (Å²) in [5.74, 6) is 1.06. The number of piperidine rings is 1. The van der Waals surface area contributed by atoms with E-state index in [1.807, 2.05) is 23.0 Å². The number of likely N-dealkylation sites (tertiary alicyclic amines) is 2. The molecule has 6 rings (SSSR count). The number of amides is 2. The fraction of sp³-hybridized carbons (Fsp3) is 0.469. The number of benzene rings is 2. The van der Waals surface area contributed by atoms with Crippen LogP contribution in [0.25, 0.3) is 5.69 Å². The maximum atomic E-state index is 13.0. The highest BCUT2D eigenvalue weighted by Crippen LogP contribution is 2.41. The number of carbonyl (C=O) groups excluding carboxylic acids is 2. The highest BCUT2D eigenvalue weighted by Gasteiger charge is 2.44. The van der Waals surface area contributed by atoms with E-state index < -0.39 is 0 Å². The van der Waals surface area contributed by atoms with E-state index in [4.69, 9.17) is 0 Å². The summed E-state index contributed by atoms with van der Waals surface area (Å²) < 4.78 is 1.84. The Kier molecular flexibility index (Phi) is 7.51. The van der Waals surface area contributed by atoms with Crippen LogP contribution in [0.5, 0.6) is 0 Å². The number of nitrogens with zero attached hydrogens (tertiary/aromatic N) is 4. The average Bonchev–Trinajstić information content (AvgIpc) is 3.48. The molecule has 39 heavy (non-hydrogen) atoms. The molecule has 3 aromatic rings. The Bertz CT molecular complexity index is 1250. The van der Waals surface area contributed by atoms with Crippen molar-refractivity contribution in [2.45, 2.75) is 57.5 Å². The fourth-order valence-corrected chi connectivity index (χ4v) is 6.26. The zero-order valence-electron chi connectivity index (χ0n) is 22.7. The van der Waals surface area contributed by atoms with Crippen molar-refractivity contribution in [3.63, 3.8) is 0 Å². The maximum Gasteiger partial charge on any atom is 0.223 e. The molecule has 0 radical (unpaired) electrons. The smallest absolute Gasteiger partial charge is 0.223 e. The Balaban J connectivity index is 1.00. The lowest BCUT2D eigenvalue weighted by Crippen LogP contribution is -2.42. The van der Waals surface area contributed by atoms with Gasteiger partial charge in [-0.05, 0) is 85.9 Å². The summed E-state index contributed by atoms with van der Waals surface area (Å²) in [6, 6.07) is 20.7. The molecule has 1 aromatic heterocycles. The van der Waals surface area contributed by atoms with Crippen molar-refractivity contribution < 1.29 is 9.59 Å². The van der Waals surface area contributed by atoms with Gasteiger partial charge in [-0.3, -0.25) is 9.59 Å². The lowest BCUT2D eigenvalue weighted by molar-refractivity contribution is -0.128. The molecule has 2 aliphatic heterocycles. The Morgan fingerprint density at radius 2 is 1.79 bits per heavy atom. The van der Waals surface area contributed by atoms with Crippen molar-refractivity contribution in [3.8, 4) is 5.69 Å². The zero-order valence-corrected chi connectivity index (χ0v) is 22.7. The molecule has 2 amide bonds. The van der Waals surface area contributed by atoms with Gasteiger partial charge in [-0.25, -0.2) is 4.68 Å². The number of nitrogens with one attached hydrogen (secondary N) is 1. The molecular weight excluding hydrogens is 486 g/mol. The van der Waals surface area contributed by atoms with Gasteiger partial charge in [0.1, 0.15) is 0 Å². The normalized spacial score (nSPS) is 19.9. The molecular formula is C32H39N5O2. The van der Waals surface area contributed by atoms with Crippen LogP contribution in [0.15, 0.2) is 73.1 Å². The predicted octanol–water partition coefficient (Wildman–Crippen LogP) is 4.73. The first kappa shape index (κ1) is 25.8. The molecule has 3 fully saturated rings. The number of aromatic nitrogens is 2. The van der Waals surface area contributed by atoms with E-state index in [0.29, 0.717) is 25.3 Å².